The van der Waals surface area contributed by atoms with Crippen molar-refractivity contribution < 1.29 is 0 Å². The van der Waals surface area contributed by atoms with Gasteiger partial charge in [-0.25, -0.2) is 0 Å². The standard InChI is InChI=1S/C11H14N4/c1-8-10(7-12-2)14-15-11(8)9-4-3-5-13-6-9/h3-6,12H,7H2,1-2H3,(H,14,15). The van der Waals surface area contributed by atoms with Crippen LogP contribution in [-0.4, -0.2) is 22.2 Å². The fourth-order valence-corrected chi connectivity index (χ4v) is 1.57. The molecule has 0 aliphatic rings. The van der Waals surface area contributed by atoms with Gasteiger partial charge in [0.1, 0.15) is 0 Å². The highest BCUT2D eigenvalue weighted by Gasteiger charge is 2.09. The third kappa shape index (κ3) is 1.89. The van der Waals surface area contributed by atoms with E-state index in [1.807, 2.05) is 25.4 Å². The number of hydrogen-bond acceptors (Lipinski definition) is 3. The number of pyridine rings is 1. The minimum atomic E-state index is 0.805. The lowest BCUT2D eigenvalue weighted by molar-refractivity contribution is 0.779. The van der Waals surface area contributed by atoms with Gasteiger partial charge in [0.25, 0.3) is 0 Å². The van der Waals surface area contributed by atoms with Crippen LogP contribution in [0.25, 0.3) is 11.3 Å². The fraction of sp³-hybridized carbons (Fsp3) is 0.273. The van der Waals surface area contributed by atoms with Gasteiger partial charge in [0, 0.05) is 24.5 Å². The average Bonchev–Trinajstić information content (AvgIpc) is 2.63. The number of aromatic amines is 1. The van der Waals surface area contributed by atoms with E-state index in [1.54, 1.807) is 6.20 Å². The molecule has 15 heavy (non-hydrogen) atoms. The number of nitrogens with zero attached hydrogens (tertiary/aromatic N) is 2. The molecule has 2 aromatic rings. The van der Waals surface area contributed by atoms with E-state index in [4.69, 9.17) is 0 Å². The highest BCUT2D eigenvalue weighted by atomic mass is 15.1. The second kappa shape index (κ2) is 4.23. The zero-order valence-electron chi connectivity index (χ0n) is 8.91. The van der Waals surface area contributed by atoms with Gasteiger partial charge in [0.15, 0.2) is 0 Å². The minimum Gasteiger partial charge on any atom is -0.314 e. The molecule has 2 aromatic heterocycles. The Balaban J connectivity index is 2.38. The summed E-state index contributed by atoms with van der Waals surface area (Å²) >= 11 is 0. The number of nitrogens with one attached hydrogen (secondary N) is 2. The summed E-state index contributed by atoms with van der Waals surface area (Å²) in [7, 11) is 1.92. The van der Waals surface area contributed by atoms with Crippen molar-refractivity contribution in [2.24, 2.45) is 0 Å². The topological polar surface area (TPSA) is 53.6 Å². The van der Waals surface area contributed by atoms with Crippen LogP contribution in [0.3, 0.4) is 0 Å². The van der Waals surface area contributed by atoms with Crippen LogP contribution in [0.15, 0.2) is 24.5 Å². The number of rotatable bonds is 3. The smallest absolute Gasteiger partial charge is 0.0968 e. The monoisotopic (exact) mass is 202 g/mol. The fourth-order valence-electron chi connectivity index (χ4n) is 1.57. The van der Waals surface area contributed by atoms with E-state index in [1.165, 1.54) is 5.56 Å². The van der Waals surface area contributed by atoms with Crippen LogP contribution in [0.4, 0.5) is 0 Å². The van der Waals surface area contributed by atoms with Crippen LogP contribution in [0.2, 0.25) is 0 Å². The summed E-state index contributed by atoms with van der Waals surface area (Å²) in [5.74, 6) is 0. The molecule has 0 atom stereocenters. The molecule has 0 aliphatic carbocycles. The van der Waals surface area contributed by atoms with E-state index in [9.17, 15) is 0 Å². The Morgan fingerprint density at radius 2 is 2.33 bits per heavy atom. The van der Waals surface area contributed by atoms with Crippen LogP contribution in [-0.2, 0) is 6.54 Å². The van der Waals surface area contributed by atoms with Gasteiger partial charge >= 0.3 is 0 Å². The Labute approximate surface area is 88.8 Å². The Bertz CT molecular complexity index is 433. The van der Waals surface area contributed by atoms with E-state index in [-0.39, 0.29) is 0 Å². The molecule has 0 fully saturated rings. The summed E-state index contributed by atoms with van der Waals surface area (Å²) in [6.45, 7) is 2.87. The maximum Gasteiger partial charge on any atom is 0.0968 e. The molecule has 4 nitrogen and oxygen atoms in total. The first-order chi connectivity index (χ1) is 7.33. The summed E-state index contributed by atoms with van der Waals surface area (Å²) in [6.07, 6.45) is 3.59. The first-order valence-electron chi connectivity index (χ1n) is 4.91. The van der Waals surface area contributed by atoms with Gasteiger partial charge in [0.05, 0.1) is 11.4 Å². The molecule has 0 aliphatic heterocycles. The molecule has 2 heterocycles. The maximum absolute atomic E-state index is 4.30. The summed E-state index contributed by atoms with van der Waals surface area (Å²) in [5.41, 5.74) is 4.33. The van der Waals surface area contributed by atoms with Crippen LogP contribution in [0.1, 0.15) is 11.3 Å². The highest BCUT2D eigenvalue weighted by Crippen LogP contribution is 2.21. The summed E-state index contributed by atoms with van der Waals surface area (Å²) in [5, 5.41) is 10.4. The van der Waals surface area contributed by atoms with Gasteiger partial charge in [-0.2, -0.15) is 5.10 Å². The second-order valence-corrected chi connectivity index (χ2v) is 3.45. The third-order valence-electron chi connectivity index (χ3n) is 2.40. The van der Waals surface area contributed by atoms with Crippen molar-refractivity contribution >= 4 is 0 Å². The molecule has 0 unspecified atom stereocenters. The van der Waals surface area contributed by atoms with Crippen molar-refractivity contribution in [2.75, 3.05) is 7.05 Å². The zero-order chi connectivity index (χ0) is 10.7. The number of aromatic nitrogens is 3. The van der Waals surface area contributed by atoms with Gasteiger partial charge < -0.3 is 5.32 Å². The van der Waals surface area contributed by atoms with E-state index in [2.05, 4.69) is 27.4 Å². The molecule has 2 N–H and O–H groups in total. The lowest BCUT2D eigenvalue weighted by Crippen LogP contribution is -2.06. The van der Waals surface area contributed by atoms with Crippen LogP contribution in [0.5, 0.6) is 0 Å². The van der Waals surface area contributed by atoms with Gasteiger partial charge in [-0.3, -0.25) is 10.1 Å². The van der Waals surface area contributed by atoms with Gasteiger partial charge in [-0.1, -0.05) is 0 Å². The Morgan fingerprint density at radius 1 is 1.47 bits per heavy atom. The van der Waals surface area contributed by atoms with Crippen molar-refractivity contribution in [3.8, 4) is 11.3 Å². The summed E-state index contributed by atoms with van der Waals surface area (Å²) in [4.78, 5) is 4.09. The molecule has 0 bridgehead atoms. The van der Waals surface area contributed by atoms with Crippen molar-refractivity contribution in [3.63, 3.8) is 0 Å². The molecule has 0 amide bonds. The highest BCUT2D eigenvalue weighted by molar-refractivity contribution is 5.62. The lowest BCUT2D eigenvalue weighted by atomic mass is 10.1. The number of hydrogen-bond donors (Lipinski definition) is 2. The van der Waals surface area contributed by atoms with E-state index in [0.717, 1.165) is 23.5 Å². The first kappa shape index (κ1) is 9.86. The SMILES string of the molecule is CNCc1[nH]nc(-c2cccnc2)c1C. The average molecular weight is 202 g/mol. The van der Waals surface area contributed by atoms with E-state index < -0.39 is 0 Å². The molecule has 0 radical (unpaired) electrons. The van der Waals surface area contributed by atoms with E-state index >= 15 is 0 Å². The predicted molar refractivity (Wildman–Crippen MR) is 59.3 cm³/mol. The van der Waals surface area contributed by atoms with Crippen molar-refractivity contribution in [3.05, 3.63) is 35.8 Å². The quantitative estimate of drug-likeness (QED) is 0.793. The van der Waals surface area contributed by atoms with Gasteiger partial charge in [0.2, 0.25) is 0 Å². The van der Waals surface area contributed by atoms with Crippen molar-refractivity contribution in [2.45, 2.75) is 13.5 Å². The molecule has 78 valence electrons. The van der Waals surface area contributed by atoms with Crippen molar-refractivity contribution in [1.82, 2.24) is 20.5 Å². The molecule has 0 spiro atoms. The maximum atomic E-state index is 4.30. The lowest BCUT2D eigenvalue weighted by Gasteiger charge is -1.99. The molecule has 4 heteroatoms. The second-order valence-electron chi connectivity index (χ2n) is 3.45. The first-order valence-corrected chi connectivity index (χ1v) is 4.91. The molecule has 0 saturated carbocycles. The van der Waals surface area contributed by atoms with Crippen LogP contribution < -0.4 is 5.32 Å². The summed E-state index contributed by atoms with van der Waals surface area (Å²) < 4.78 is 0. The van der Waals surface area contributed by atoms with Crippen LogP contribution >= 0.6 is 0 Å². The molecule has 2 rings (SSSR count). The Hall–Kier alpha value is -1.68. The molecular weight excluding hydrogens is 188 g/mol. The summed E-state index contributed by atoms with van der Waals surface area (Å²) in [6, 6.07) is 3.93. The van der Waals surface area contributed by atoms with Gasteiger partial charge in [-0.15, -0.1) is 0 Å². The Morgan fingerprint density at radius 3 is 3.00 bits per heavy atom. The molecule has 0 saturated heterocycles. The largest absolute Gasteiger partial charge is 0.314 e. The van der Waals surface area contributed by atoms with Crippen LogP contribution in [0, 0.1) is 6.92 Å². The van der Waals surface area contributed by atoms with Crippen molar-refractivity contribution in [1.29, 1.82) is 0 Å². The van der Waals surface area contributed by atoms with Gasteiger partial charge in [-0.05, 0) is 31.7 Å². The minimum absolute atomic E-state index is 0.805. The third-order valence-corrected chi connectivity index (χ3v) is 2.40. The Kier molecular flexibility index (Phi) is 2.78. The predicted octanol–water partition coefficient (Wildman–Crippen LogP) is 1.50. The number of H-pyrrole nitrogens is 1. The normalized spacial score (nSPS) is 10.5. The molecule has 0 aromatic carbocycles. The van der Waals surface area contributed by atoms with E-state index in [0.29, 0.717) is 0 Å². The zero-order valence-corrected chi connectivity index (χ0v) is 8.91. The molecular formula is C11H14N4.